The third kappa shape index (κ3) is 4.39. The fraction of sp³-hybridized carbons (Fsp3) is 0.471. The lowest BCUT2D eigenvalue weighted by Crippen LogP contribution is -2.43. The molecule has 0 radical (unpaired) electrons. The van der Waals surface area contributed by atoms with Crippen molar-refractivity contribution >= 4 is 11.7 Å². The highest BCUT2D eigenvalue weighted by Crippen LogP contribution is 2.24. The summed E-state index contributed by atoms with van der Waals surface area (Å²) in [5, 5.41) is 3.24. The van der Waals surface area contributed by atoms with Crippen molar-refractivity contribution in [3.05, 3.63) is 36.2 Å². The Morgan fingerprint density at radius 2 is 1.92 bits per heavy atom. The van der Waals surface area contributed by atoms with Crippen molar-refractivity contribution in [1.82, 2.24) is 10.7 Å². The third-order valence-electron chi connectivity index (χ3n) is 3.68. The predicted octanol–water partition coefficient (Wildman–Crippen LogP) is 2.76. The normalized spacial score (nSPS) is 16.6. The molecule has 0 aromatic heterocycles. The minimum absolute atomic E-state index is 0.122. The molecule has 0 fully saturated rings. The molecule has 1 aromatic carbocycles. The molecule has 1 heterocycles. The van der Waals surface area contributed by atoms with Crippen molar-refractivity contribution in [1.29, 1.82) is 0 Å². The molecule has 7 nitrogen and oxygen atoms in total. The Labute approximate surface area is 142 Å². The van der Waals surface area contributed by atoms with Gasteiger partial charge in [0.2, 0.25) is 0 Å². The Morgan fingerprint density at radius 1 is 1.25 bits per heavy atom. The van der Waals surface area contributed by atoms with Gasteiger partial charge in [-0.05, 0) is 51.5 Å². The number of esters is 1. The van der Waals surface area contributed by atoms with E-state index in [9.17, 15) is 4.79 Å². The Morgan fingerprint density at radius 3 is 2.50 bits per heavy atom. The number of carbonyl (C=O) groups excluding carboxylic acids is 1. The zero-order valence-corrected chi connectivity index (χ0v) is 14.8. The second kappa shape index (κ2) is 8.03. The van der Waals surface area contributed by atoms with Crippen molar-refractivity contribution in [2.24, 2.45) is 0 Å². The molecule has 7 heteroatoms. The van der Waals surface area contributed by atoms with Crippen LogP contribution in [0.4, 0.5) is 5.69 Å². The average molecular weight is 335 g/mol. The molecule has 2 rings (SSSR count). The SMILES string of the molecule is CCC(C)OC(=O)C(C)ON1C=C(C)N(c2ccc(OC)cc2)N1. The molecule has 0 saturated heterocycles. The highest BCUT2D eigenvalue weighted by Gasteiger charge is 2.25. The van der Waals surface area contributed by atoms with Gasteiger partial charge in [0.25, 0.3) is 0 Å². The molecule has 1 aliphatic heterocycles. The highest BCUT2D eigenvalue weighted by atomic mass is 16.7. The van der Waals surface area contributed by atoms with Gasteiger partial charge in [0.05, 0.1) is 30.8 Å². The summed E-state index contributed by atoms with van der Waals surface area (Å²) in [4.78, 5) is 17.5. The quantitative estimate of drug-likeness (QED) is 0.769. The van der Waals surface area contributed by atoms with Crippen molar-refractivity contribution in [3.8, 4) is 5.75 Å². The summed E-state index contributed by atoms with van der Waals surface area (Å²) < 4.78 is 10.4. The van der Waals surface area contributed by atoms with Crippen molar-refractivity contribution in [3.63, 3.8) is 0 Å². The first-order valence-corrected chi connectivity index (χ1v) is 8.00. The van der Waals surface area contributed by atoms with Gasteiger partial charge in [0.1, 0.15) is 5.75 Å². The second-order valence-corrected chi connectivity index (χ2v) is 5.63. The number of hydroxylamine groups is 1. The number of nitrogens with zero attached hydrogens (tertiary/aromatic N) is 2. The van der Waals surface area contributed by atoms with Crippen LogP contribution < -0.4 is 15.3 Å². The van der Waals surface area contributed by atoms with Gasteiger partial charge in [0.15, 0.2) is 6.10 Å². The van der Waals surface area contributed by atoms with E-state index in [2.05, 4.69) is 5.53 Å². The van der Waals surface area contributed by atoms with Crippen LogP contribution in [0.5, 0.6) is 5.75 Å². The number of methoxy groups -OCH3 is 1. The number of rotatable bonds is 7. The number of hydrogen-bond donors (Lipinski definition) is 1. The molecule has 0 spiro atoms. The summed E-state index contributed by atoms with van der Waals surface area (Å²) in [5.41, 5.74) is 4.89. The molecule has 2 unspecified atom stereocenters. The number of hydrazine groups is 2. The van der Waals surface area contributed by atoms with E-state index in [4.69, 9.17) is 14.3 Å². The van der Waals surface area contributed by atoms with Crippen LogP contribution in [-0.2, 0) is 14.4 Å². The molecule has 0 saturated carbocycles. The molecule has 1 aliphatic rings. The van der Waals surface area contributed by atoms with Crippen LogP contribution in [0.15, 0.2) is 36.2 Å². The molecule has 0 bridgehead atoms. The van der Waals surface area contributed by atoms with Crippen LogP contribution in [0, 0.1) is 0 Å². The molecule has 1 aromatic rings. The van der Waals surface area contributed by atoms with Gasteiger partial charge >= 0.3 is 5.97 Å². The first kappa shape index (κ1) is 18.1. The van der Waals surface area contributed by atoms with Crippen LogP contribution in [0.25, 0.3) is 0 Å². The number of carbonyl (C=O) groups is 1. The monoisotopic (exact) mass is 335 g/mol. The first-order chi connectivity index (χ1) is 11.4. The van der Waals surface area contributed by atoms with E-state index >= 15 is 0 Å². The van der Waals surface area contributed by atoms with E-state index in [1.165, 1.54) is 5.17 Å². The topological polar surface area (TPSA) is 63.3 Å². The first-order valence-electron chi connectivity index (χ1n) is 8.00. The smallest absolute Gasteiger partial charge is 0.338 e. The molecule has 24 heavy (non-hydrogen) atoms. The molecule has 2 atom stereocenters. The van der Waals surface area contributed by atoms with Gasteiger partial charge in [-0.3, -0.25) is 5.01 Å². The fourth-order valence-electron chi connectivity index (χ4n) is 2.07. The van der Waals surface area contributed by atoms with Gasteiger partial charge in [-0.2, -0.15) is 5.17 Å². The van der Waals surface area contributed by atoms with Crippen LogP contribution in [0.2, 0.25) is 0 Å². The van der Waals surface area contributed by atoms with Crippen molar-refractivity contribution in [2.75, 3.05) is 12.1 Å². The van der Waals surface area contributed by atoms with E-state index in [0.29, 0.717) is 0 Å². The average Bonchev–Trinajstić information content (AvgIpc) is 2.94. The Balaban J connectivity index is 1.94. The fourth-order valence-corrected chi connectivity index (χ4v) is 2.07. The van der Waals surface area contributed by atoms with Gasteiger partial charge < -0.3 is 9.47 Å². The number of anilines is 1. The number of hydrogen-bond acceptors (Lipinski definition) is 7. The maximum atomic E-state index is 12.0. The summed E-state index contributed by atoms with van der Waals surface area (Å²) in [6, 6.07) is 7.60. The summed E-state index contributed by atoms with van der Waals surface area (Å²) in [7, 11) is 1.63. The summed E-state index contributed by atoms with van der Waals surface area (Å²) >= 11 is 0. The Kier molecular flexibility index (Phi) is 6.05. The van der Waals surface area contributed by atoms with Crippen molar-refractivity contribution in [2.45, 2.75) is 46.3 Å². The van der Waals surface area contributed by atoms with Gasteiger partial charge in [-0.25, -0.2) is 9.63 Å². The van der Waals surface area contributed by atoms with E-state index < -0.39 is 6.10 Å². The highest BCUT2D eigenvalue weighted by molar-refractivity contribution is 5.74. The van der Waals surface area contributed by atoms with Crippen molar-refractivity contribution < 1.29 is 19.1 Å². The van der Waals surface area contributed by atoms with E-state index in [-0.39, 0.29) is 12.1 Å². The van der Waals surface area contributed by atoms with E-state index in [0.717, 1.165) is 23.6 Å². The zero-order chi connectivity index (χ0) is 17.7. The summed E-state index contributed by atoms with van der Waals surface area (Å²) in [5.74, 6) is 0.397. The van der Waals surface area contributed by atoms with Crippen LogP contribution in [-0.4, -0.2) is 30.5 Å². The second-order valence-electron chi connectivity index (χ2n) is 5.63. The zero-order valence-electron chi connectivity index (χ0n) is 14.8. The maximum Gasteiger partial charge on any atom is 0.338 e. The van der Waals surface area contributed by atoms with E-state index in [1.54, 1.807) is 20.2 Å². The Bertz CT molecular complexity index is 588. The predicted molar refractivity (Wildman–Crippen MR) is 90.6 cm³/mol. The number of nitrogens with one attached hydrogen (secondary N) is 1. The molecule has 132 valence electrons. The minimum Gasteiger partial charge on any atom is -0.497 e. The number of benzene rings is 1. The van der Waals surface area contributed by atoms with Gasteiger partial charge in [0, 0.05) is 0 Å². The van der Waals surface area contributed by atoms with Crippen LogP contribution in [0.1, 0.15) is 34.1 Å². The molecule has 0 amide bonds. The molecule has 0 aliphatic carbocycles. The largest absolute Gasteiger partial charge is 0.497 e. The number of allylic oxidation sites excluding steroid dienone is 1. The lowest BCUT2D eigenvalue weighted by Gasteiger charge is -2.25. The lowest BCUT2D eigenvalue weighted by atomic mass is 10.3. The Hall–Kier alpha value is -2.25. The lowest BCUT2D eigenvalue weighted by molar-refractivity contribution is -0.207. The summed E-state index contributed by atoms with van der Waals surface area (Å²) in [6.07, 6.45) is 1.69. The number of ether oxygens (including phenoxy) is 2. The van der Waals surface area contributed by atoms with Gasteiger partial charge in [-0.1, -0.05) is 6.92 Å². The van der Waals surface area contributed by atoms with Crippen LogP contribution >= 0.6 is 0 Å². The molecular formula is C17H25N3O4. The van der Waals surface area contributed by atoms with E-state index in [1.807, 2.05) is 50.0 Å². The van der Waals surface area contributed by atoms with Gasteiger partial charge in [-0.15, -0.1) is 5.53 Å². The standard InChI is InChI=1S/C17H25N3O4/c1-6-13(3)23-17(21)14(4)24-19-11-12(2)20(18-19)15-7-9-16(22-5)10-8-15/h7-11,13-14,18H,6H2,1-5H3. The molecular weight excluding hydrogens is 310 g/mol. The molecule has 1 N–H and O–H groups in total. The third-order valence-corrected chi connectivity index (χ3v) is 3.68. The minimum atomic E-state index is -0.716. The maximum absolute atomic E-state index is 12.0. The summed E-state index contributed by atoms with van der Waals surface area (Å²) in [6.45, 7) is 7.41. The van der Waals surface area contributed by atoms with Crippen LogP contribution in [0.3, 0.4) is 0 Å².